The van der Waals surface area contributed by atoms with Gasteiger partial charge in [0.1, 0.15) is 0 Å². The zero-order chi connectivity index (χ0) is 15.2. The number of hydrogen-bond acceptors (Lipinski definition) is 3. The average Bonchev–Trinajstić information content (AvgIpc) is 2.39. The van der Waals surface area contributed by atoms with Gasteiger partial charge in [-0.05, 0) is 31.0 Å². The van der Waals surface area contributed by atoms with Crippen molar-refractivity contribution < 1.29 is 19.4 Å². The predicted molar refractivity (Wildman–Crippen MR) is 79.7 cm³/mol. The van der Waals surface area contributed by atoms with Crippen LogP contribution in [0.2, 0.25) is 0 Å². The lowest BCUT2D eigenvalue weighted by Gasteiger charge is -2.26. The number of carbonyl (C=O) groups excluding carboxylic acids is 1. The van der Waals surface area contributed by atoms with Crippen molar-refractivity contribution in [3.05, 3.63) is 45.9 Å². The highest BCUT2D eigenvalue weighted by Gasteiger charge is 2.48. The summed E-state index contributed by atoms with van der Waals surface area (Å²) in [5.41, 5.74) is -0.271. The van der Waals surface area contributed by atoms with Crippen molar-refractivity contribution in [2.24, 2.45) is 0 Å². The second kappa shape index (κ2) is 7.45. The van der Waals surface area contributed by atoms with E-state index in [1.165, 1.54) is 11.6 Å². The first-order valence-electron chi connectivity index (χ1n) is 5.91. The second-order valence-electron chi connectivity index (χ2n) is 4.01. The van der Waals surface area contributed by atoms with Crippen molar-refractivity contribution in [1.29, 1.82) is 0 Å². The molecule has 0 aliphatic heterocycles. The van der Waals surface area contributed by atoms with Gasteiger partial charge in [-0.25, -0.2) is 0 Å². The van der Waals surface area contributed by atoms with Crippen LogP contribution in [0.15, 0.2) is 40.3 Å². The Kier molecular flexibility index (Phi) is 6.23. The summed E-state index contributed by atoms with van der Waals surface area (Å²) in [5.74, 6) is -2.08. The molecule has 0 heterocycles. The summed E-state index contributed by atoms with van der Waals surface area (Å²) >= 11 is 8.75. The summed E-state index contributed by atoms with van der Waals surface area (Å²) in [6.45, 7) is 1.73. The van der Waals surface area contributed by atoms with Crippen molar-refractivity contribution >= 4 is 39.5 Å². The molecule has 0 saturated heterocycles. The third-order valence-electron chi connectivity index (χ3n) is 2.82. The van der Waals surface area contributed by atoms with Crippen LogP contribution in [0, 0.1) is 0 Å². The SMILES string of the molecule is CCOC(=O)C(C/C=C/Cl)(C(=O)O)c1cccc(Br)c1. The number of rotatable bonds is 6. The van der Waals surface area contributed by atoms with Gasteiger partial charge in [-0.1, -0.05) is 45.7 Å². The van der Waals surface area contributed by atoms with E-state index in [-0.39, 0.29) is 13.0 Å². The molecule has 20 heavy (non-hydrogen) atoms. The van der Waals surface area contributed by atoms with Crippen LogP contribution < -0.4 is 0 Å². The Labute approximate surface area is 130 Å². The lowest BCUT2D eigenvalue weighted by molar-refractivity contribution is -0.161. The molecule has 1 atom stereocenters. The number of ether oxygens (including phenoxy) is 1. The smallest absolute Gasteiger partial charge is 0.328 e. The average molecular weight is 362 g/mol. The maximum atomic E-state index is 12.2. The van der Waals surface area contributed by atoms with Crippen LogP contribution in [0.5, 0.6) is 0 Å². The topological polar surface area (TPSA) is 63.6 Å². The van der Waals surface area contributed by atoms with Crippen LogP contribution in [-0.4, -0.2) is 23.7 Å². The van der Waals surface area contributed by atoms with Crippen molar-refractivity contribution in [2.45, 2.75) is 18.8 Å². The van der Waals surface area contributed by atoms with Crippen molar-refractivity contribution in [3.8, 4) is 0 Å². The minimum Gasteiger partial charge on any atom is -0.480 e. The molecular formula is C14H14BrClO4. The standard InChI is InChI=1S/C14H14BrClO4/c1-2-20-13(19)14(12(17)18,7-4-8-16)10-5-3-6-11(15)9-10/h3-6,8-9H,2,7H2,1H3,(H,17,18)/b8-4+. The highest BCUT2D eigenvalue weighted by atomic mass is 79.9. The van der Waals surface area contributed by atoms with E-state index in [9.17, 15) is 14.7 Å². The first kappa shape index (κ1) is 16.7. The minimum absolute atomic E-state index is 0.0822. The maximum Gasteiger partial charge on any atom is 0.328 e. The van der Waals surface area contributed by atoms with Gasteiger partial charge in [0.05, 0.1) is 6.61 Å². The number of esters is 1. The number of hydrogen-bond donors (Lipinski definition) is 1. The number of allylic oxidation sites excluding steroid dienone is 1. The molecular weight excluding hydrogens is 348 g/mol. The van der Waals surface area contributed by atoms with Crippen molar-refractivity contribution in [1.82, 2.24) is 0 Å². The molecule has 0 aliphatic carbocycles. The van der Waals surface area contributed by atoms with Crippen LogP contribution in [0.1, 0.15) is 18.9 Å². The Morgan fingerprint density at radius 2 is 2.20 bits per heavy atom. The third-order valence-corrected chi connectivity index (χ3v) is 3.49. The summed E-state index contributed by atoms with van der Waals surface area (Å²) in [4.78, 5) is 24.0. The quantitative estimate of drug-likeness (QED) is 0.622. The van der Waals surface area contributed by atoms with Gasteiger partial charge in [0.2, 0.25) is 0 Å². The van der Waals surface area contributed by atoms with E-state index in [2.05, 4.69) is 15.9 Å². The van der Waals surface area contributed by atoms with E-state index in [1.54, 1.807) is 31.2 Å². The minimum atomic E-state index is -1.80. The Bertz CT molecular complexity index is 530. The Morgan fingerprint density at radius 1 is 1.50 bits per heavy atom. The van der Waals surface area contributed by atoms with Crippen LogP contribution in [-0.2, 0) is 19.7 Å². The fourth-order valence-electron chi connectivity index (χ4n) is 1.85. The first-order valence-corrected chi connectivity index (χ1v) is 7.13. The third kappa shape index (κ3) is 3.41. The first-order chi connectivity index (χ1) is 9.48. The van der Waals surface area contributed by atoms with Crippen LogP contribution >= 0.6 is 27.5 Å². The van der Waals surface area contributed by atoms with E-state index in [0.29, 0.717) is 10.0 Å². The van der Waals surface area contributed by atoms with Gasteiger partial charge < -0.3 is 9.84 Å². The summed E-state index contributed by atoms with van der Waals surface area (Å²) in [5, 5.41) is 9.60. The van der Waals surface area contributed by atoms with Gasteiger partial charge in [0, 0.05) is 10.0 Å². The molecule has 1 aromatic rings. The van der Waals surface area contributed by atoms with E-state index < -0.39 is 17.4 Å². The molecule has 108 valence electrons. The second-order valence-corrected chi connectivity index (χ2v) is 5.17. The Morgan fingerprint density at radius 3 is 2.70 bits per heavy atom. The van der Waals surface area contributed by atoms with Crippen LogP contribution in [0.4, 0.5) is 0 Å². The van der Waals surface area contributed by atoms with Crippen LogP contribution in [0.25, 0.3) is 0 Å². The summed E-state index contributed by atoms with van der Waals surface area (Å²) < 4.78 is 5.63. The number of carboxylic acid groups (broad SMARTS) is 1. The van der Waals surface area contributed by atoms with Crippen LogP contribution in [0.3, 0.4) is 0 Å². The van der Waals surface area contributed by atoms with Crippen molar-refractivity contribution in [2.75, 3.05) is 6.61 Å². The molecule has 0 aliphatic rings. The molecule has 0 amide bonds. The zero-order valence-electron chi connectivity index (χ0n) is 10.8. The molecule has 0 spiro atoms. The lowest BCUT2D eigenvalue weighted by atomic mass is 9.77. The summed E-state index contributed by atoms with van der Waals surface area (Å²) in [6, 6.07) is 6.59. The predicted octanol–water partition coefficient (Wildman–Crippen LogP) is 3.48. The highest BCUT2D eigenvalue weighted by Crippen LogP contribution is 2.32. The van der Waals surface area contributed by atoms with Crippen molar-refractivity contribution in [3.63, 3.8) is 0 Å². The number of carbonyl (C=O) groups is 2. The molecule has 1 rings (SSSR count). The fourth-order valence-corrected chi connectivity index (χ4v) is 2.34. The van der Waals surface area contributed by atoms with Gasteiger partial charge in [-0.2, -0.15) is 0 Å². The number of halogens is 2. The molecule has 1 unspecified atom stereocenters. The van der Waals surface area contributed by atoms with Gasteiger partial charge in [-0.3, -0.25) is 9.59 Å². The monoisotopic (exact) mass is 360 g/mol. The van der Waals surface area contributed by atoms with E-state index >= 15 is 0 Å². The Hall–Kier alpha value is -1.33. The molecule has 0 bridgehead atoms. The highest BCUT2D eigenvalue weighted by molar-refractivity contribution is 9.10. The Balaban J connectivity index is 3.43. The molecule has 0 radical (unpaired) electrons. The lowest BCUT2D eigenvalue weighted by Crippen LogP contribution is -2.44. The number of aliphatic carboxylic acids is 1. The molecule has 0 saturated carbocycles. The summed E-state index contributed by atoms with van der Waals surface area (Å²) in [6.07, 6.45) is 1.34. The number of carboxylic acids is 1. The fraction of sp³-hybridized carbons (Fsp3) is 0.286. The van der Waals surface area contributed by atoms with E-state index in [0.717, 1.165) is 0 Å². The molecule has 0 fully saturated rings. The molecule has 4 nitrogen and oxygen atoms in total. The molecule has 6 heteroatoms. The molecule has 1 N–H and O–H groups in total. The normalized spacial score (nSPS) is 13.9. The van der Waals surface area contributed by atoms with Gasteiger partial charge in [0.15, 0.2) is 5.41 Å². The maximum absolute atomic E-state index is 12.2. The zero-order valence-corrected chi connectivity index (χ0v) is 13.1. The van der Waals surface area contributed by atoms with Gasteiger partial charge in [-0.15, -0.1) is 0 Å². The molecule has 1 aromatic carbocycles. The number of benzene rings is 1. The van der Waals surface area contributed by atoms with Gasteiger partial charge >= 0.3 is 11.9 Å². The van der Waals surface area contributed by atoms with Gasteiger partial charge in [0.25, 0.3) is 0 Å². The largest absolute Gasteiger partial charge is 0.480 e. The molecule has 0 aromatic heterocycles. The van der Waals surface area contributed by atoms with E-state index in [4.69, 9.17) is 16.3 Å². The van der Waals surface area contributed by atoms with E-state index in [1.807, 2.05) is 0 Å². The summed E-state index contributed by atoms with van der Waals surface area (Å²) in [7, 11) is 0.